The summed E-state index contributed by atoms with van der Waals surface area (Å²) in [4.78, 5) is 24.1. The number of aromatic nitrogens is 1. The quantitative estimate of drug-likeness (QED) is 0.562. The molecule has 1 amide bonds. The van der Waals surface area contributed by atoms with Crippen molar-refractivity contribution in [3.63, 3.8) is 0 Å². The largest absolute Gasteiger partial charge is 0.393 e. The first-order valence-corrected chi connectivity index (χ1v) is 6.37. The third kappa shape index (κ3) is 3.31. The first-order chi connectivity index (χ1) is 9.08. The van der Waals surface area contributed by atoms with E-state index in [4.69, 9.17) is 0 Å². The van der Waals surface area contributed by atoms with Gasteiger partial charge < -0.3 is 20.5 Å². The molecule has 1 aliphatic carbocycles. The number of nitrogens with one attached hydrogen (secondary N) is 2. The number of H-pyrrole nitrogens is 1. The van der Waals surface area contributed by atoms with Crippen LogP contribution in [0.5, 0.6) is 0 Å². The summed E-state index contributed by atoms with van der Waals surface area (Å²) in [5.74, 6) is -0.517. The van der Waals surface area contributed by atoms with E-state index in [2.05, 4.69) is 10.3 Å². The maximum Gasteiger partial charge on any atom is 0.321 e. The van der Waals surface area contributed by atoms with Crippen LogP contribution in [0, 0.1) is 16.0 Å². The van der Waals surface area contributed by atoms with E-state index < -0.39 is 4.92 Å². The molecule has 0 aromatic carbocycles. The van der Waals surface area contributed by atoms with Crippen molar-refractivity contribution in [3.8, 4) is 0 Å². The summed E-state index contributed by atoms with van der Waals surface area (Å²) in [6.45, 7) is 0.396. The van der Waals surface area contributed by atoms with E-state index in [9.17, 15) is 20.0 Å². The summed E-state index contributed by atoms with van der Waals surface area (Å²) >= 11 is 0. The number of amides is 1. The van der Waals surface area contributed by atoms with Crippen molar-refractivity contribution in [2.45, 2.75) is 31.8 Å². The number of carbonyl (C=O) groups is 1. The van der Waals surface area contributed by atoms with E-state index in [1.807, 2.05) is 0 Å². The van der Waals surface area contributed by atoms with Crippen LogP contribution in [0.1, 0.15) is 36.2 Å². The zero-order chi connectivity index (χ0) is 13.8. The fourth-order valence-corrected chi connectivity index (χ4v) is 2.37. The highest BCUT2D eigenvalue weighted by atomic mass is 16.6. The molecule has 0 bridgehead atoms. The molecule has 7 heteroatoms. The van der Waals surface area contributed by atoms with Gasteiger partial charge in [-0.25, -0.2) is 4.98 Å². The van der Waals surface area contributed by atoms with Crippen LogP contribution in [0.2, 0.25) is 0 Å². The zero-order valence-electron chi connectivity index (χ0n) is 10.5. The Labute approximate surface area is 110 Å². The lowest BCUT2D eigenvalue weighted by Gasteiger charge is -2.27. The molecule has 0 spiro atoms. The summed E-state index contributed by atoms with van der Waals surface area (Å²) in [6, 6.07) is 2.63. The lowest BCUT2D eigenvalue weighted by Crippen LogP contribution is -2.36. The van der Waals surface area contributed by atoms with Gasteiger partial charge in [0.1, 0.15) is 0 Å². The second-order valence-electron chi connectivity index (χ2n) is 4.84. The molecule has 1 aromatic heterocycles. The van der Waals surface area contributed by atoms with Gasteiger partial charge in [-0.15, -0.1) is 0 Å². The second kappa shape index (κ2) is 5.83. The van der Waals surface area contributed by atoms with E-state index in [-0.39, 0.29) is 29.4 Å². The summed E-state index contributed by atoms with van der Waals surface area (Å²) < 4.78 is 0. The van der Waals surface area contributed by atoms with Gasteiger partial charge in [0.25, 0.3) is 5.91 Å². The van der Waals surface area contributed by atoms with E-state index in [1.165, 1.54) is 12.1 Å². The molecule has 2 unspecified atom stereocenters. The number of rotatable bonds is 4. The van der Waals surface area contributed by atoms with Crippen LogP contribution < -0.4 is 5.32 Å². The molecule has 0 aliphatic heterocycles. The van der Waals surface area contributed by atoms with Crippen molar-refractivity contribution in [3.05, 3.63) is 27.9 Å². The fourth-order valence-electron chi connectivity index (χ4n) is 2.37. The summed E-state index contributed by atoms with van der Waals surface area (Å²) in [7, 11) is 0. The molecular weight excluding hydrogens is 250 g/mol. The smallest absolute Gasteiger partial charge is 0.321 e. The molecule has 1 saturated carbocycles. The lowest BCUT2D eigenvalue weighted by molar-refractivity contribution is -0.389. The van der Waals surface area contributed by atoms with Crippen molar-refractivity contribution in [2.75, 3.05) is 6.54 Å². The Morgan fingerprint density at radius 3 is 2.84 bits per heavy atom. The minimum Gasteiger partial charge on any atom is -0.393 e. The van der Waals surface area contributed by atoms with E-state index in [0.717, 1.165) is 25.7 Å². The first-order valence-electron chi connectivity index (χ1n) is 6.37. The topological polar surface area (TPSA) is 108 Å². The molecule has 2 rings (SSSR count). The van der Waals surface area contributed by atoms with Crippen molar-refractivity contribution < 1.29 is 14.8 Å². The Hall–Kier alpha value is -1.89. The summed E-state index contributed by atoms with van der Waals surface area (Å²) in [6.07, 6.45) is 3.38. The van der Waals surface area contributed by atoms with Crippen LogP contribution >= 0.6 is 0 Å². The molecule has 0 radical (unpaired) electrons. The first kappa shape index (κ1) is 13.5. The molecule has 1 fully saturated rings. The summed E-state index contributed by atoms with van der Waals surface area (Å²) in [5.41, 5.74) is 0.164. The molecule has 1 heterocycles. The van der Waals surface area contributed by atoms with Crippen LogP contribution in [0.4, 0.5) is 5.82 Å². The third-order valence-corrected chi connectivity index (χ3v) is 3.51. The molecule has 104 valence electrons. The standard InChI is InChI=1S/C12H17N3O4/c16-10-4-2-1-3-8(10)7-13-12(17)9-5-6-11(14-9)15(18)19/h5-6,8,10,14,16H,1-4,7H2,(H,13,17). The van der Waals surface area contributed by atoms with Crippen LogP contribution in [0.25, 0.3) is 0 Å². The van der Waals surface area contributed by atoms with Gasteiger partial charge in [-0.1, -0.05) is 12.8 Å². The molecule has 0 saturated heterocycles. The van der Waals surface area contributed by atoms with Crippen LogP contribution in [-0.4, -0.2) is 33.6 Å². The van der Waals surface area contributed by atoms with Crippen LogP contribution in [-0.2, 0) is 0 Å². The maximum atomic E-state index is 11.8. The van der Waals surface area contributed by atoms with Crippen molar-refractivity contribution in [1.29, 1.82) is 0 Å². The minimum absolute atomic E-state index is 0.0719. The predicted octanol–water partition coefficient (Wildman–Crippen LogP) is 1.20. The predicted molar refractivity (Wildman–Crippen MR) is 67.7 cm³/mol. The Bertz CT molecular complexity index is 471. The summed E-state index contributed by atoms with van der Waals surface area (Å²) in [5, 5.41) is 23.0. The molecule has 19 heavy (non-hydrogen) atoms. The van der Waals surface area contributed by atoms with E-state index in [1.54, 1.807) is 0 Å². The lowest BCUT2D eigenvalue weighted by atomic mass is 9.86. The van der Waals surface area contributed by atoms with Gasteiger partial charge in [0.2, 0.25) is 0 Å². The number of carbonyl (C=O) groups excluding carboxylic acids is 1. The number of aliphatic hydroxyl groups excluding tert-OH is 1. The van der Waals surface area contributed by atoms with Crippen molar-refractivity contribution in [2.24, 2.45) is 5.92 Å². The molecule has 2 atom stereocenters. The average molecular weight is 267 g/mol. The fraction of sp³-hybridized carbons (Fsp3) is 0.583. The van der Waals surface area contributed by atoms with Gasteiger partial charge in [-0.05, 0) is 23.8 Å². The van der Waals surface area contributed by atoms with E-state index in [0.29, 0.717) is 6.54 Å². The Morgan fingerprint density at radius 1 is 1.47 bits per heavy atom. The zero-order valence-corrected chi connectivity index (χ0v) is 10.5. The number of hydrogen-bond donors (Lipinski definition) is 3. The SMILES string of the molecule is O=C(NCC1CCCCC1O)c1ccc([N+](=O)[O-])[nH]1. The highest BCUT2D eigenvalue weighted by molar-refractivity contribution is 5.92. The van der Waals surface area contributed by atoms with Crippen molar-refractivity contribution in [1.82, 2.24) is 10.3 Å². The number of nitrogens with zero attached hydrogens (tertiary/aromatic N) is 1. The van der Waals surface area contributed by atoms with Gasteiger partial charge in [0.15, 0.2) is 5.69 Å². The average Bonchev–Trinajstić information content (AvgIpc) is 2.87. The van der Waals surface area contributed by atoms with Gasteiger partial charge in [0, 0.05) is 18.5 Å². The molecular formula is C12H17N3O4. The number of aromatic amines is 1. The molecule has 3 N–H and O–H groups in total. The van der Waals surface area contributed by atoms with Crippen molar-refractivity contribution >= 4 is 11.7 Å². The van der Waals surface area contributed by atoms with Gasteiger partial charge in [-0.2, -0.15) is 0 Å². The number of aliphatic hydroxyl groups is 1. The maximum absolute atomic E-state index is 11.8. The van der Waals surface area contributed by atoms with Gasteiger partial charge >= 0.3 is 5.82 Å². The molecule has 1 aromatic rings. The normalized spacial score (nSPS) is 23.0. The van der Waals surface area contributed by atoms with Gasteiger partial charge in [-0.3, -0.25) is 4.79 Å². The number of nitro groups is 1. The van der Waals surface area contributed by atoms with Gasteiger partial charge in [0.05, 0.1) is 6.10 Å². The Kier molecular flexibility index (Phi) is 4.16. The van der Waals surface area contributed by atoms with Crippen LogP contribution in [0.15, 0.2) is 12.1 Å². The highest BCUT2D eigenvalue weighted by Crippen LogP contribution is 2.23. The molecule has 7 nitrogen and oxygen atoms in total. The third-order valence-electron chi connectivity index (χ3n) is 3.51. The van der Waals surface area contributed by atoms with E-state index >= 15 is 0 Å². The highest BCUT2D eigenvalue weighted by Gasteiger charge is 2.24. The second-order valence-corrected chi connectivity index (χ2v) is 4.84. The van der Waals surface area contributed by atoms with Crippen LogP contribution in [0.3, 0.4) is 0 Å². The Balaban J connectivity index is 1.88. The monoisotopic (exact) mass is 267 g/mol. The molecule has 1 aliphatic rings. The number of hydrogen-bond acceptors (Lipinski definition) is 4. The Morgan fingerprint density at radius 2 is 2.21 bits per heavy atom. The minimum atomic E-state index is -0.582.